The quantitative estimate of drug-likeness (QED) is 0.738. The molecule has 2 unspecified atom stereocenters. The number of ether oxygens (including phenoxy) is 4. The SMILES string of the molecule is COc1ccc2c(c1OC)C[N+]1(C)CCc3cc4c(cc3C1C2)OCO4.[ClH2+]. The van der Waals surface area contributed by atoms with Gasteiger partial charge in [-0.25, -0.2) is 0 Å². The Morgan fingerprint density at radius 1 is 1.04 bits per heavy atom. The Bertz CT molecular complexity index is 900. The highest BCUT2D eigenvalue weighted by Gasteiger charge is 2.45. The number of fused-ring (bicyclic) bond motifs is 5. The Morgan fingerprint density at radius 2 is 1.81 bits per heavy atom. The summed E-state index contributed by atoms with van der Waals surface area (Å²) in [7, 11) is 5.79. The molecule has 0 saturated heterocycles. The number of methoxy groups -OCH3 is 2. The molecule has 0 aliphatic carbocycles. The monoisotopic (exact) mass is 391 g/mol. The predicted octanol–water partition coefficient (Wildman–Crippen LogP) is 2.70. The zero-order valence-corrected chi connectivity index (χ0v) is 16.8. The molecule has 27 heavy (non-hydrogen) atoms. The average Bonchev–Trinajstić information content (AvgIpc) is 3.11. The van der Waals surface area contributed by atoms with E-state index in [2.05, 4.69) is 25.2 Å². The molecule has 5 rings (SSSR count). The highest BCUT2D eigenvalue weighted by molar-refractivity contribution is 5.54. The molecule has 0 saturated carbocycles. The van der Waals surface area contributed by atoms with Crippen LogP contribution in [0.25, 0.3) is 0 Å². The summed E-state index contributed by atoms with van der Waals surface area (Å²) in [6.45, 7) is 2.39. The van der Waals surface area contributed by atoms with Crippen molar-refractivity contribution in [3.05, 3.63) is 46.5 Å². The van der Waals surface area contributed by atoms with Gasteiger partial charge in [0.05, 0.1) is 45.8 Å². The van der Waals surface area contributed by atoms with Gasteiger partial charge >= 0.3 is 0 Å². The van der Waals surface area contributed by atoms with Crippen LogP contribution in [-0.4, -0.2) is 39.1 Å². The molecule has 6 heteroatoms. The number of nitrogens with zero attached hydrogens (tertiary/aromatic N) is 1. The van der Waals surface area contributed by atoms with Crippen LogP contribution < -0.4 is 18.9 Å². The zero-order chi connectivity index (χ0) is 17.9. The largest absolute Gasteiger partial charge is 0.493 e. The van der Waals surface area contributed by atoms with Crippen LogP contribution in [-0.2, 0) is 19.4 Å². The number of benzene rings is 2. The Labute approximate surface area is 165 Å². The second-order valence-electron chi connectivity index (χ2n) is 7.67. The maximum atomic E-state index is 5.72. The summed E-state index contributed by atoms with van der Waals surface area (Å²) < 4.78 is 23.5. The van der Waals surface area contributed by atoms with Gasteiger partial charge in [0, 0.05) is 18.4 Å². The Hall–Kier alpha value is -2.11. The van der Waals surface area contributed by atoms with Crippen LogP contribution in [0.3, 0.4) is 0 Å². The third-order valence-corrected chi connectivity index (χ3v) is 6.32. The first-order chi connectivity index (χ1) is 12.6. The minimum Gasteiger partial charge on any atom is -0.493 e. The van der Waals surface area contributed by atoms with E-state index in [4.69, 9.17) is 18.9 Å². The van der Waals surface area contributed by atoms with E-state index >= 15 is 0 Å². The van der Waals surface area contributed by atoms with Gasteiger partial charge in [-0.1, -0.05) is 6.07 Å². The Balaban J connectivity index is 0.00000180. The predicted molar refractivity (Wildman–Crippen MR) is 99.8 cm³/mol. The van der Waals surface area contributed by atoms with E-state index in [9.17, 15) is 0 Å². The van der Waals surface area contributed by atoms with E-state index in [-0.39, 0.29) is 12.4 Å². The molecule has 2 aromatic rings. The fourth-order valence-corrected chi connectivity index (χ4v) is 4.88. The van der Waals surface area contributed by atoms with Crippen molar-refractivity contribution in [1.82, 2.24) is 0 Å². The highest BCUT2D eigenvalue weighted by atomic mass is 35.5. The molecule has 0 aromatic heterocycles. The molecule has 0 spiro atoms. The Kier molecular flexibility index (Phi) is 4.40. The first-order valence-electron chi connectivity index (χ1n) is 9.12. The summed E-state index contributed by atoms with van der Waals surface area (Å²) >= 11 is 0. The summed E-state index contributed by atoms with van der Waals surface area (Å²) in [4.78, 5) is 0. The number of rotatable bonds is 2. The molecule has 5 nitrogen and oxygen atoms in total. The second kappa shape index (κ2) is 6.50. The number of likely N-dealkylation sites (N-methyl/N-ethyl adjacent to an activating group) is 1. The summed E-state index contributed by atoms with van der Waals surface area (Å²) in [5, 5.41) is 0. The molecule has 2 atom stereocenters. The normalized spacial score (nSPS) is 24.2. The van der Waals surface area contributed by atoms with Crippen LogP contribution in [0.5, 0.6) is 23.0 Å². The average molecular weight is 392 g/mol. The molecule has 144 valence electrons. The van der Waals surface area contributed by atoms with E-state index in [1.807, 2.05) is 6.07 Å². The van der Waals surface area contributed by atoms with E-state index < -0.39 is 0 Å². The van der Waals surface area contributed by atoms with Gasteiger partial charge in [-0.2, -0.15) is 0 Å². The fraction of sp³-hybridized carbons (Fsp3) is 0.429. The summed E-state index contributed by atoms with van der Waals surface area (Å²) in [5.41, 5.74) is 5.45. The highest BCUT2D eigenvalue weighted by Crippen LogP contribution is 2.49. The van der Waals surface area contributed by atoms with E-state index in [0.29, 0.717) is 12.8 Å². The molecule has 0 radical (unpaired) electrons. The third kappa shape index (κ3) is 2.64. The van der Waals surface area contributed by atoms with Crippen molar-refractivity contribution in [2.45, 2.75) is 25.4 Å². The van der Waals surface area contributed by atoms with Crippen LogP contribution in [0.15, 0.2) is 24.3 Å². The molecular weight excluding hydrogens is 366 g/mol. The minimum atomic E-state index is 0. The summed E-state index contributed by atoms with van der Waals surface area (Å²) in [6, 6.07) is 9.05. The van der Waals surface area contributed by atoms with Crippen LogP contribution >= 0.6 is 0 Å². The minimum absolute atomic E-state index is 0. The van der Waals surface area contributed by atoms with E-state index in [0.717, 1.165) is 53.4 Å². The maximum Gasteiger partial charge on any atom is 0.231 e. The number of hydrogen-bond donors (Lipinski definition) is 0. The van der Waals surface area contributed by atoms with Crippen LogP contribution in [0.1, 0.15) is 28.3 Å². The lowest BCUT2D eigenvalue weighted by molar-refractivity contribution is -0.956. The molecule has 0 N–H and O–H groups in total. The maximum absolute atomic E-state index is 5.72. The molecule has 0 fully saturated rings. The third-order valence-electron chi connectivity index (χ3n) is 6.32. The Morgan fingerprint density at radius 3 is 2.56 bits per heavy atom. The molecule has 0 bridgehead atoms. The molecule has 2 aromatic carbocycles. The van der Waals surface area contributed by atoms with Crippen molar-refractivity contribution >= 4 is 0 Å². The molecule has 3 aliphatic rings. The van der Waals surface area contributed by atoms with Crippen molar-refractivity contribution in [2.75, 3.05) is 34.6 Å². The lowest BCUT2D eigenvalue weighted by Gasteiger charge is -2.49. The van der Waals surface area contributed by atoms with Crippen molar-refractivity contribution in [1.29, 1.82) is 0 Å². The zero-order valence-electron chi connectivity index (χ0n) is 15.9. The van der Waals surface area contributed by atoms with E-state index in [1.54, 1.807) is 14.2 Å². The lowest BCUT2D eigenvalue weighted by atomic mass is 9.81. The van der Waals surface area contributed by atoms with Crippen LogP contribution in [0, 0.1) is 12.4 Å². The van der Waals surface area contributed by atoms with Gasteiger partial charge in [-0.05, 0) is 29.3 Å². The van der Waals surface area contributed by atoms with Crippen molar-refractivity contribution < 1.29 is 35.8 Å². The van der Waals surface area contributed by atoms with E-state index in [1.165, 1.54) is 22.3 Å². The van der Waals surface area contributed by atoms with Crippen LogP contribution in [0.2, 0.25) is 0 Å². The first-order valence-corrected chi connectivity index (χ1v) is 9.12. The van der Waals surface area contributed by atoms with Gasteiger partial charge in [-0.3, -0.25) is 0 Å². The molecule has 0 amide bonds. The number of hydrogen-bond acceptors (Lipinski definition) is 4. The van der Waals surface area contributed by atoms with Gasteiger partial charge in [-0.15, -0.1) is 0 Å². The van der Waals surface area contributed by atoms with Gasteiger partial charge in [0.2, 0.25) is 6.79 Å². The topological polar surface area (TPSA) is 36.9 Å². The van der Waals surface area contributed by atoms with Gasteiger partial charge in [0.15, 0.2) is 23.0 Å². The lowest BCUT2D eigenvalue weighted by Crippen LogP contribution is -2.53. The smallest absolute Gasteiger partial charge is 0.231 e. The molecule has 3 heterocycles. The summed E-state index contributed by atoms with van der Waals surface area (Å²) in [5.74, 6) is 3.48. The molecule has 3 aliphatic heterocycles. The summed E-state index contributed by atoms with van der Waals surface area (Å²) in [6.07, 6.45) is 2.05. The second-order valence-corrected chi connectivity index (χ2v) is 7.67. The fourth-order valence-electron chi connectivity index (χ4n) is 4.88. The van der Waals surface area contributed by atoms with Crippen molar-refractivity contribution in [3.63, 3.8) is 0 Å². The van der Waals surface area contributed by atoms with Crippen molar-refractivity contribution in [2.24, 2.45) is 0 Å². The number of halogens is 1. The van der Waals surface area contributed by atoms with Gasteiger partial charge in [0.1, 0.15) is 12.6 Å². The standard InChI is InChI=1S/C21H24NO4.ClH2/c1-22-7-6-14-9-19-20(26-12-25-19)10-15(14)17(22)8-13-4-5-18(23-2)21(24-3)16(13)11-22;/h4-5,9-10,17H,6-8,11-12H2,1-3H3;1H2/q2*+1. The molecular formula is C21H26ClNO4+2. The van der Waals surface area contributed by atoms with Crippen LogP contribution in [0.4, 0.5) is 0 Å². The van der Waals surface area contributed by atoms with Gasteiger partial charge in [0.25, 0.3) is 0 Å². The van der Waals surface area contributed by atoms with Gasteiger partial charge < -0.3 is 23.4 Å². The number of quaternary nitrogens is 1. The van der Waals surface area contributed by atoms with Crippen molar-refractivity contribution in [3.8, 4) is 23.0 Å². The first kappa shape index (κ1) is 18.3.